The summed E-state index contributed by atoms with van der Waals surface area (Å²) in [6, 6.07) is 0. The molecule has 0 aromatic carbocycles. The third kappa shape index (κ3) is 3.28. The molecule has 0 amide bonds. The van der Waals surface area contributed by atoms with Gasteiger partial charge in [0.1, 0.15) is 0 Å². The van der Waals surface area contributed by atoms with Gasteiger partial charge in [-0.05, 0) is 43.4 Å². The maximum atomic E-state index is 12.8. The zero-order valence-electron chi connectivity index (χ0n) is 12.8. The first-order valence-corrected chi connectivity index (χ1v) is 9.87. The first-order chi connectivity index (χ1) is 10.1. The lowest BCUT2D eigenvalue weighted by Crippen LogP contribution is -2.52. The molecule has 1 aliphatic carbocycles. The van der Waals surface area contributed by atoms with Gasteiger partial charge in [0.15, 0.2) is 0 Å². The van der Waals surface area contributed by atoms with Crippen molar-refractivity contribution in [1.82, 2.24) is 8.61 Å². The minimum atomic E-state index is -3.32. The second kappa shape index (κ2) is 6.52. The smallest absolute Gasteiger partial charge is 0.281 e. The predicted molar refractivity (Wildman–Crippen MR) is 81.9 cm³/mol. The van der Waals surface area contributed by atoms with Gasteiger partial charge in [0, 0.05) is 32.8 Å². The van der Waals surface area contributed by atoms with E-state index in [1.54, 1.807) is 8.61 Å². The van der Waals surface area contributed by atoms with E-state index in [0.29, 0.717) is 32.1 Å². The fourth-order valence-electron chi connectivity index (χ4n) is 4.33. The highest BCUT2D eigenvalue weighted by Crippen LogP contribution is 2.37. The van der Waals surface area contributed by atoms with Crippen molar-refractivity contribution in [2.75, 3.05) is 32.8 Å². The molecule has 21 heavy (non-hydrogen) atoms. The highest BCUT2D eigenvalue weighted by molar-refractivity contribution is 7.86. The van der Waals surface area contributed by atoms with Crippen molar-refractivity contribution in [3.8, 4) is 0 Å². The molecule has 1 N–H and O–H groups in total. The van der Waals surface area contributed by atoms with Gasteiger partial charge < -0.3 is 5.11 Å². The molecular weight excluding hydrogens is 288 g/mol. The Labute approximate surface area is 128 Å². The van der Waals surface area contributed by atoms with Crippen molar-refractivity contribution in [1.29, 1.82) is 0 Å². The molecule has 5 nitrogen and oxygen atoms in total. The molecule has 2 heterocycles. The number of hydrogen-bond acceptors (Lipinski definition) is 3. The number of fused-ring (bicyclic) bond motifs is 1. The second-order valence-electron chi connectivity index (χ2n) is 7.01. The van der Waals surface area contributed by atoms with E-state index in [2.05, 4.69) is 0 Å². The first kappa shape index (κ1) is 15.7. The Bertz CT molecular complexity index is 454. The van der Waals surface area contributed by atoms with Crippen molar-refractivity contribution in [3.05, 3.63) is 0 Å². The van der Waals surface area contributed by atoms with E-state index >= 15 is 0 Å². The molecule has 3 fully saturated rings. The van der Waals surface area contributed by atoms with Crippen LogP contribution in [0.25, 0.3) is 0 Å². The molecule has 0 radical (unpaired) electrons. The summed E-state index contributed by atoms with van der Waals surface area (Å²) in [4.78, 5) is 0. The van der Waals surface area contributed by atoms with Gasteiger partial charge in [0.25, 0.3) is 10.2 Å². The van der Waals surface area contributed by atoms with Gasteiger partial charge in [0.05, 0.1) is 0 Å². The van der Waals surface area contributed by atoms with Gasteiger partial charge in [-0.1, -0.05) is 19.3 Å². The molecule has 1 saturated carbocycles. The molecule has 3 rings (SSSR count). The van der Waals surface area contributed by atoms with Crippen molar-refractivity contribution in [3.63, 3.8) is 0 Å². The molecule has 6 heteroatoms. The summed E-state index contributed by atoms with van der Waals surface area (Å²) in [5.41, 5.74) is 0. The predicted octanol–water partition coefficient (Wildman–Crippen LogP) is 1.45. The molecular formula is C15H28N2O3S. The van der Waals surface area contributed by atoms with E-state index in [1.807, 2.05) is 0 Å². The Balaban J connectivity index is 1.67. The summed E-state index contributed by atoms with van der Waals surface area (Å²) in [6.45, 7) is 2.60. The third-order valence-corrected chi connectivity index (χ3v) is 7.61. The van der Waals surface area contributed by atoms with Crippen LogP contribution in [0.3, 0.4) is 0 Å². The maximum absolute atomic E-state index is 12.8. The molecule has 0 aromatic rings. The Morgan fingerprint density at radius 2 is 1.57 bits per heavy atom. The zero-order valence-corrected chi connectivity index (χ0v) is 13.6. The number of aliphatic hydroxyl groups is 1. The van der Waals surface area contributed by atoms with Gasteiger partial charge in [0.2, 0.25) is 0 Å². The van der Waals surface area contributed by atoms with Crippen LogP contribution in [0, 0.1) is 17.8 Å². The van der Waals surface area contributed by atoms with E-state index in [4.69, 9.17) is 0 Å². The van der Waals surface area contributed by atoms with Gasteiger partial charge in [-0.2, -0.15) is 17.0 Å². The van der Waals surface area contributed by atoms with Crippen molar-refractivity contribution >= 4 is 10.2 Å². The number of hydrogen-bond donors (Lipinski definition) is 1. The molecule has 0 spiro atoms. The van der Waals surface area contributed by atoms with Crippen LogP contribution in [0.2, 0.25) is 0 Å². The van der Waals surface area contributed by atoms with Gasteiger partial charge in [-0.3, -0.25) is 0 Å². The minimum Gasteiger partial charge on any atom is -0.396 e. The average molecular weight is 316 g/mol. The Hall–Kier alpha value is -0.170. The van der Waals surface area contributed by atoms with Gasteiger partial charge in [-0.15, -0.1) is 0 Å². The van der Waals surface area contributed by atoms with E-state index in [1.165, 1.54) is 25.7 Å². The summed E-state index contributed by atoms with van der Waals surface area (Å²) >= 11 is 0. The van der Waals surface area contributed by atoms with Crippen LogP contribution < -0.4 is 0 Å². The quantitative estimate of drug-likeness (QED) is 0.857. The summed E-state index contributed by atoms with van der Waals surface area (Å²) in [5, 5.41) is 9.30. The van der Waals surface area contributed by atoms with E-state index < -0.39 is 10.2 Å². The largest absolute Gasteiger partial charge is 0.396 e. The Morgan fingerprint density at radius 3 is 2.33 bits per heavy atom. The lowest BCUT2D eigenvalue weighted by atomic mass is 9.76. The molecule has 0 aromatic heterocycles. The van der Waals surface area contributed by atoms with E-state index in [0.717, 1.165) is 25.2 Å². The fraction of sp³-hybridized carbons (Fsp3) is 1.00. The average Bonchev–Trinajstić information content (AvgIpc) is 2.54. The summed E-state index contributed by atoms with van der Waals surface area (Å²) in [6.07, 6.45) is 7.88. The molecule has 122 valence electrons. The highest BCUT2D eigenvalue weighted by atomic mass is 32.2. The Kier molecular flexibility index (Phi) is 4.88. The van der Waals surface area contributed by atoms with Gasteiger partial charge >= 0.3 is 0 Å². The minimum absolute atomic E-state index is 0.0940. The maximum Gasteiger partial charge on any atom is 0.281 e. The number of nitrogens with zero attached hydrogens (tertiary/aromatic N) is 2. The number of aliphatic hydroxyl groups excluding tert-OH is 1. The molecule has 3 atom stereocenters. The van der Waals surface area contributed by atoms with Crippen molar-refractivity contribution in [2.45, 2.75) is 44.9 Å². The highest BCUT2D eigenvalue weighted by Gasteiger charge is 2.39. The van der Waals surface area contributed by atoms with Crippen LogP contribution in [0.5, 0.6) is 0 Å². The number of rotatable bonds is 3. The lowest BCUT2D eigenvalue weighted by Gasteiger charge is -2.43. The molecule has 2 aliphatic heterocycles. The molecule has 3 aliphatic rings. The van der Waals surface area contributed by atoms with Crippen LogP contribution in [0.15, 0.2) is 0 Å². The van der Waals surface area contributed by atoms with E-state index in [-0.39, 0.29) is 12.5 Å². The van der Waals surface area contributed by atoms with Crippen LogP contribution in [0.1, 0.15) is 44.9 Å². The van der Waals surface area contributed by atoms with Crippen molar-refractivity contribution in [2.24, 2.45) is 17.8 Å². The van der Waals surface area contributed by atoms with Crippen LogP contribution in [-0.4, -0.2) is 54.9 Å². The Morgan fingerprint density at radius 1 is 0.857 bits per heavy atom. The fourth-order valence-corrected chi connectivity index (χ4v) is 6.13. The second-order valence-corrected chi connectivity index (χ2v) is 8.94. The molecule has 3 unspecified atom stereocenters. The summed E-state index contributed by atoms with van der Waals surface area (Å²) < 4.78 is 29.0. The monoisotopic (exact) mass is 316 g/mol. The van der Waals surface area contributed by atoms with Crippen LogP contribution in [0.4, 0.5) is 0 Å². The first-order valence-electron chi connectivity index (χ1n) is 8.47. The van der Waals surface area contributed by atoms with E-state index in [9.17, 15) is 13.5 Å². The normalized spacial score (nSPS) is 36.3. The molecule has 2 saturated heterocycles. The third-order valence-electron chi connectivity index (χ3n) is 5.65. The zero-order chi connectivity index (χ0) is 14.9. The van der Waals surface area contributed by atoms with Gasteiger partial charge in [-0.25, -0.2) is 0 Å². The standard InChI is InChI=1S/C15H28N2O3S/c18-12-13-4-3-8-16(10-13)21(19,20)17-9-7-14-5-1-2-6-15(14)11-17/h13-15,18H,1-12H2. The lowest BCUT2D eigenvalue weighted by molar-refractivity contribution is 0.123. The molecule has 0 bridgehead atoms. The number of piperidine rings is 2. The van der Waals surface area contributed by atoms with Crippen molar-refractivity contribution < 1.29 is 13.5 Å². The van der Waals surface area contributed by atoms with Crippen LogP contribution >= 0.6 is 0 Å². The summed E-state index contributed by atoms with van der Waals surface area (Å²) in [5.74, 6) is 1.43. The van der Waals surface area contributed by atoms with Crippen LogP contribution in [-0.2, 0) is 10.2 Å². The summed E-state index contributed by atoms with van der Waals surface area (Å²) in [7, 11) is -3.32. The SMILES string of the molecule is O=S(=O)(N1CCCC(CO)C1)N1CCC2CCCCC2C1. The topological polar surface area (TPSA) is 60.9 Å².